The molecule has 18 heavy (non-hydrogen) atoms. The van der Waals surface area contributed by atoms with Crippen molar-refractivity contribution in [3.8, 4) is 0 Å². The van der Waals surface area contributed by atoms with E-state index >= 15 is 0 Å². The molecule has 106 valence electrons. The van der Waals surface area contributed by atoms with Crippen LogP contribution in [0.5, 0.6) is 0 Å². The Bertz CT molecular complexity index is 269. The molecule has 2 atom stereocenters. The molecule has 0 aromatic rings. The number of piperidine rings is 1. The summed E-state index contributed by atoms with van der Waals surface area (Å²) in [7, 11) is 2.30. The molecule has 2 aliphatic rings. The summed E-state index contributed by atoms with van der Waals surface area (Å²) in [6.45, 7) is 10.6. The van der Waals surface area contributed by atoms with Crippen molar-refractivity contribution < 1.29 is 0 Å². The van der Waals surface area contributed by atoms with Crippen LogP contribution in [0, 0.1) is 5.41 Å². The minimum atomic E-state index is 0.322. The molecule has 0 amide bonds. The van der Waals surface area contributed by atoms with Gasteiger partial charge in [0.25, 0.3) is 0 Å². The van der Waals surface area contributed by atoms with Crippen LogP contribution in [0.2, 0.25) is 0 Å². The van der Waals surface area contributed by atoms with Crippen LogP contribution in [-0.4, -0.2) is 54.6 Å². The molecule has 3 heteroatoms. The second-order valence-electron chi connectivity index (χ2n) is 6.95. The Labute approximate surface area is 113 Å². The van der Waals surface area contributed by atoms with E-state index in [4.69, 9.17) is 5.73 Å². The lowest BCUT2D eigenvalue weighted by molar-refractivity contribution is 0.0874. The smallest absolute Gasteiger partial charge is 0.0252 e. The predicted molar refractivity (Wildman–Crippen MR) is 77.7 cm³/mol. The van der Waals surface area contributed by atoms with Gasteiger partial charge in [-0.25, -0.2) is 0 Å². The maximum atomic E-state index is 6.47. The summed E-state index contributed by atoms with van der Waals surface area (Å²) in [5.41, 5.74) is 6.79. The molecule has 1 saturated carbocycles. The van der Waals surface area contributed by atoms with Crippen molar-refractivity contribution in [1.82, 2.24) is 9.80 Å². The molecule has 2 N–H and O–H groups in total. The van der Waals surface area contributed by atoms with Gasteiger partial charge in [0.05, 0.1) is 0 Å². The fourth-order valence-electron chi connectivity index (χ4n) is 3.76. The van der Waals surface area contributed by atoms with Gasteiger partial charge in [-0.3, -0.25) is 4.90 Å². The van der Waals surface area contributed by atoms with E-state index in [-0.39, 0.29) is 0 Å². The highest BCUT2D eigenvalue weighted by molar-refractivity contribution is 5.00. The first kappa shape index (κ1) is 14.3. The van der Waals surface area contributed by atoms with Gasteiger partial charge in [0.1, 0.15) is 0 Å². The molecular formula is C15H31N3. The number of hydrogen-bond donors (Lipinski definition) is 1. The Morgan fingerprint density at radius 3 is 2.28 bits per heavy atom. The SMILES string of the molecule is CCN1CCC(N(C)C2CCC(C)(C)C2N)CC1. The summed E-state index contributed by atoms with van der Waals surface area (Å²) in [6.07, 6.45) is 5.18. The van der Waals surface area contributed by atoms with E-state index in [1.54, 1.807) is 0 Å². The van der Waals surface area contributed by atoms with E-state index < -0.39 is 0 Å². The number of rotatable bonds is 3. The molecule has 1 aliphatic heterocycles. The van der Waals surface area contributed by atoms with Crippen LogP contribution in [0.25, 0.3) is 0 Å². The van der Waals surface area contributed by atoms with Crippen LogP contribution in [0.3, 0.4) is 0 Å². The lowest BCUT2D eigenvalue weighted by Crippen LogP contribution is -2.53. The Morgan fingerprint density at radius 2 is 1.83 bits per heavy atom. The third-order valence-electron chi connectivity index (χ3n) is 5.50. The Morgan fingerprint density at radius 1 is 1.22 bits per heavy atom. The zero-order valence-electron chi connectivity index (χ0n) is 12.7. The molecule has 0 aromatic carbocycles. The highest BCUT2D eigenvalue weighted by atomic mass is 15.2. The molecule has 0 bridgehead atoms. The minimum Gasteiger partial charge on any atom is -0.326 e. The first-order valence-electron chi connectivity index (χ1n) is 7.65. The molecule has 2 rings (SSSR count). The summed E-state index contributed by atoms with van der Waals surface area (Å²) in [5.74, 6) is 0. The van der Waals surface area contributed by atoms with E-state index in [2.05, 4.69) is 37.6 Å². The largest absolute Gasteiger partial charge is 0.326 e. The van der Waals surface area contributed by atoms with Gasteiger partial charge in [-0.05, 0) is 57.8 Å². The maximum Gasteiger partial charge on any atom is 0.0252 e. The van der Waals surface area contributed by atoms with Crippen molar-refractivity contribution in [3.05, 3.63) is 0 Å². The van der Waals surface area contributed by atoms with E-state index in [0.29, 0.717) is 17.5 Å². The van der Waals surface area contributed by atoms with Gasteiger partial charge in [0.15, 0.2) is 0 Å². The van der Waals surface area contributed by atoms with Gasteiger partial charge >= 0.3 is 0 Å². The third-order valence-corrected chi connectivity index (χ3v) is 5.50. The fourth-order valence-corrected chi connectivity index (χ4v) is 3.76. The van der Waals surface area contributed by atoms with Gasteiger partial charge in [-0.15, -0.1) is 0 Å². The number of likely N-dealkylation sites (N-methyl/N-ethyl adjacent to an activating group) is 1. The molecule has 1 saturated heterocycles. The molecular weight excluding hydrogens is 222 g/mol. The molecule has 1 heterocycles. The quantitative estimate of drug-likeness (QED) is 0.834. The summed E-state index contributed by atoms with van der Waals surface area (Å²) in [4.78, 5) is 5.16. The molecule has 2 unspecified atom stereocenters. The average Bonchev–Trinajstić information content (AvgIpc) is 2.64. The summed E-state index contributed by atoms with van der Waals surface area (Å²) < 4.78 is 0. The average molecular weight is 253 g/mol. The summed E-state index contributed by atoms with van der Waals surface area (Å²) in [6, 6.07) is 1.68. The number of nitrogens with two attached hydrogens (primary N) is 1. The summed E-state index contributed by atoms with van der Waals surface area (Å²) in [5, 5.41) is 0. The highest BCUT2D eigenvalue weighted by Crippen LogP contribution is 2.39. The topological polar surface area (TPSA) is 32.5 Å². The standard InChI is InChI=1S/C15H31N3/c1-5-18-10-7-12(8-11-18)17(4)13-6-9-15(2,3)14(13)16/h12-14H,5-11,16H2,1-4H3. The minimum absolute atomic E-state index is 0.322. The van der Waals surface area contributed by atoms with E-state index in [0.717, 1.165) is 6.04 Å². The van der Waals surface area contributed by atoms with Crippen molar-refractivity contribution in [2.24, 2.45) is 11.1 Å². The lowest BCUT2D eigenvalue weighted by atomic mass is 9.86. The second kappa shape index (κ2) is 5.48. The summed E-state index contributed by atoms with van der Waals surface area (Å²) >= 11 is 0. The van der Waals surface area contributed by atoms with Crippen LogP contribution < -0.4 is 5.73 Å². The molecule has 0 aromatic heterocycles. The van der Waals surface area contributed by atoms with Crippen LogP contribution in [0.1, 0.15) is 46.5 Å². The van der Waals surface area contributed by atoms with Crippen molar-refractivity contribution >= 4 is 0 Å². The van der Waals surface area contributed by atoms with Crippen molar-refractivity contribution in [2.45, 2.75) is 64.6 Å². The zero-order chi connectivity index (χ0) is 13.3. The van der Waals surface area contributed by atoms with Crippen molar-refractivity contribution in [3.63, 3.8) is 0 Å². The Hall–Kier alpha value is -0.120. The predicted octanol–water partition coefficient (Wildman–Crippen LogP) is 1.92. The van der Waals surface area contributed by atoms with Gasteiger partial charge in [0, 0.05) is 18.1 Å². The van der Waals surface area contributed by atoms with Crippen LogP contribution in [0.15, 0.2) is 0 Å². The van der Waals surface area contributed by atoms with Crippen molar-refractivity contribution in [2.75, 3.05) is 26.7 Å². The molecule has 3 nitrogen and oxygen atoms in total. The molecule has 1 aliphatic carbocycles. The molecule has 2 fully saturated rings. The normalized spacial score (nSPS) is 34.3. The second-order valence-corrected chi connectivity index (χ2v) is 6.95. The molecule has 0 radical (unpaired) electrons. The first-order chi connectivity index (χ1) is 8.45. The zero-order valence-corrected chi connectivity index (χ0v) is 12.7. The van der Waals surface area contributed by atoms with Gasteiger partial charge in [-0.2, -0.15) is 0 Å². The monoisotopic (exact) mass is 253 g/mol. The Balaban J connectivity index is 1.91. The van der Waals surface area contributed by atoms with Crippen LogP contribution in [0.4, 0.5) is 0 Å². The van der Waals surface area contributed by atoms with Gasteiger partial charge < -0.3 is 10.6 Å². The van der Waals surface area contributed by atoms with E-state index in [1.165, 1.54) is 45.3 Å². The van der Waals surface area contributed by atoms with Crippen molar-refractivity contribution in [1.29, 1.82) is 0 Å². The third kappa shape index (κ3) is 2.73. The van der Waals surface area contributed by atoms with Gasteiger partial charge in [0.2, 0.25) is 0 Å². The highest BCUT2D eigenvalue weighted by Gasteiger charge is 2.42. The van der Waals surface area contributed by atoms with Crippen LogP contribution >= 0.6 is 0 Å². The Kier molecular flexibility index (Phi) is 4.35. The first-order valence-corrected chi connectivity index (χ1v) is 7.65. The number of hydrogen-bond acceptors (Lipinski definition) is 3. The van der Waals surface area contributed by atoms with E-state index in [9.17, 15) is 0 Å². The van der Waals surface area contributed by atoms with Crippen LogP contribution in [-0.2, 0) is 0 Å². The number of likely N-dealkylation sites (tertiary alicyclic amines) is 1. The molecule has 0 spiro atoms. The van der Waals surface area contributed by atoms with Gasteiger partial charge in [-0.1, -0.05) is 20.8 Å². The fraction of sp³-hybridized carbons (Fsp3) is 1.00. The van der Waals surface area contributed by atoms with E-state index in [1.807, 2.05) is 0 Å². The maximum absolute atomic E-state index is 6.47. The lowest BCUT2D eigenvalue weighted by Gasteiger charge is -2.41. The number of nitrogens with zero attached hydrogens (tertiary/aromatic N) is 2.